The summed E-state index contributed by atoms with van der Waals surface area (Å²) in [5.41, 5.74) is 4.13. The lowest BCUT2D eigenvalue weighted by Crippen LogP contribution is -2.41. The smallest absolute Gasteiger partial charge is 0.326 e. The maximum atomic E-state index is 13.4. The SMILES string of the molecule is CCCC[C@H](OCc1ccc(C(=O)N[C@@H](CCSC)C(=O)O)c(-c2ccccc2C)c1)c1cnc(CN(C)C)s1. The highest BCUT2D eigenvalue weighted by molar-refractivity contribution is 7.98. The van der Waals surface area contributed by atoms with Gasteiger partial charge in [0.15, 0.2) is 0 Å². The molecule has 0 saturated carbocycles. The van der Waals surface area contributed by atoms with Gasteiger partial charge < -0.3 is 20.1 Å². The third-order valence-corrected chi connectivity index (χ3v) is 8.31. The molecule has 1 amide bonds. The van der Waals surface area contributed by atoms with Crippen molar-refractivity contribution in [2.24, 2.45) is 0 Å². The number of ether oxygens (including phenoxy) is 1. The fourth-order valence-electron chi connectivity index (χ4n) is 4.42. The number of thioether (sulfide) groups is 1. The van der Waals surface area contributed by atoms with Crippen molar-refractivity contribution in [3.05, 3.63) is 75.2 Å². The largest absolute Gasteiger partial charge is 0.480 e. The topological polar surface area (TPSA) is 91.8 Å². The Labute approximate surface area is 246 Å². The zero-order valence-electron chi connectivity index (χ0n) is 24.1. The van der Waals surface area contributed by atoms with Gasteiger partial charge in [0.2, 0.25) is 0 Å². The average molecular weight is 584 g/mol. The third-order valence-electron chi connectivity index (χ3n) is 6.59. The van der Waals surface area contributed by atoms with Gasteiger partial charge in [-0.3, -0.25) is 4.79 Å². The predicted octanol–water partition coefficient (Wildman–Crippen LogP) is 6.56. The molecule has 40 heavy (non-hydrogen) atoms. The minimum atomic E-state index is -1.03. The Balaban J connectivity index is 1.88. The minimum Gasteiger partial charge on any atom is -0.480 e. The minimum absolute atomic E-state index is 0.0500. The second-order valence-electron chi connectivity index (χ2n) is 10.2. The first kappa shape index (κ1) is 31.8. The van der Waals surface area contributed by atoms with Crippen molar-refractivity contribution < 1.29 is 19.4 Å². The summed E-state index contributed by atoms with van der Waals surface area (Å²) in [4.78, 5) is 33.0. The van der Waals surface area contributed by atoms with Gasteiger partial charge in [0.25, 0.3) is 5.91 Å². The van der Waals surface area contributed by atoms with Crippen LogP contribution in [0, 0.1) is 6.92 Å². The second kappa shape index (κ2) is 15.9. The first-order valence-corrected chi connectivity index (χ1v) is 15.9. The zero-order valence-corrected chi connectivity index (χ0v) is 25.7. The molecule has 0 fully saturated rings. The van der Waals surface area contributed by atoms with E-state index in [0.717, 1.165) is 57.9 Å². The van der Waals surface area contributed by atoms with E-state index in [-0.39, 0.29) is 6.10 Å². The Morgan fingerprint density at radius 3 is 2.60 bits per heavy atom. The van der Waals surface area contributed by atoms with Gasteiger partial charge in [-0.15, -0.1) is 11.3 Å². The van der Waals surface area contributed by atoms with Crippen LogP contribution >= 0.6 is 23.1 Å². The number of rotatable bonds is 16. The van der Waals surface area contributed by atoms with Gasteiger partial charge in [0.05, 0.1) is 17.6 Å². The van der Waals surface area contributed by atoms with Crippen molar-refractivity contribution in [2.75, 3.05) is 26.1 Å². The van der Waals surface area contributed by atoms with Crippen LogP contribution in [0.3, 0.4) is 0 Å². The molecule has 0 bridgehead atoms. The summed E-state index contributed by atoms with van der Waals surface area (Å²) in [6.45, 7) is 5.38. The molecule has 1 heterocycles. The number of carbonyl (C=O) groups excluding carboxylic acids is 1. The number of aromatic nitrogens is 1. The molecule has 2 N–H and O–H groups in total. The molecule has 2 aromatic carbocycles. The van der Waals surface area contributed by atoms with E-state index in [0.29, 0.717) is 24.3 Å². The molecule has 0 aliphatic carbocycles. The number of thiazole rings is 1. The number of unbranched alkanes of at least 4 members (excludes halogenated alkanes) is 1. The van der Waals surface area contributed by atoms with E-state index in [4.69, 9.17) is 4.74 Å². The van der Waals surface area contributed by atoms with E-state index in [9.17, 15) is 14.7 Å². The number of aliphatic carboxylic acids is 1. The van der Waals surface area contributed by atoms with Crippen molar-refractivity contribution in [3.8, 4) is 11.1 Å². The van der Waals surface area contributed by atoms with Crippen LogP contribution in [0.4, 0.5) is 0 Å². The van der Waals surface area contributed by atoms with Crippen LogP contribution in [0.25, 0.3) is 11.1 Å². The standard InChI is InChI=1S/C31H41N3O4S2/c1-6-7-12-27(28-18-32-29(40-28)19-34(3)4)38-20-22-13-14-24(25(17-22)23-11-9-8-10-21(23)2)30(35)33-26(31(36)37)15-16-39-5/h8-11,13-14,17-18,26-27H,6-7,12,15-16,19-20H2,1-5H3,(H,33,35)(H,36,37)/t26-,27-/m0/s1. The highest BCUT2D eigenvalue weighted by Gasteiger charge is 2.23. The van der Waals surface area contributed by atoms with Gasteiger partial charge >= 0.3 is 5.97 Å². The summed E-state index contributed by atoms with van der Waals surface area (Å²) >= 11 is 3.25. The van der Waals surface area contributed by atoms with Crippen molar-refractivity contribution in [1.82, 2.24) is 15.2 Å². The molecule has 1 aromatic heterocycles. The molecule has 0 spiro atoms. The molecule has 7 nitrogen and oxygen atoms in total. The molecule has 0 aliphatic rings. The third kappa shape index (κ3) is 9.16. The highest BCUT2D eigenvalue weighted by atomic mass is 32.2. The summed E-state index contributed by atoms with van der Waals surface area (Å²) in [6.07, 6.45) is 7.22. The molecule has 9 heteroatoms. The normalized spacial score (nSPS) is 12.8. The van der Waals surface area contributed by atoms with Gasteiger partial charge in [0.1, 0.15) is 11.0 Å². The van der Waals surface area contributed by atoms with Gasteiger partial charge in [0, 0.05) is 18.3 Å². The predicted molar refractivity (Wildman–Crippen MR) is 165 cm³/mol. The van der Waals surface area contributed by atoms with Crippen molar-refractivity contribution in [3.63, 3.8) is 0 Å². The van der Waals surface area contributed by atoms with E-state index in [1.165, 1.54) is 0 Å². The summed E-state index contributed by atoms with van der Waals surface area (Å²) in [7, 11) is 4.07. The molecule has 216 valence electrons. The molecule has 0 aliphatic heterocycles. The zero-order chi connectivity index (χ0) is 29.1. The first-order chi connectivity index (χ1) is 19.2. The summed E-state index contributed by atoms with van der Waals surface area (Å²) in [6, 6.07) is 12.6. The Bertz CT molecular complexity index is 1260. The highest BCUT2D eigenvalue weighted by Crippen LogP contribution is 2.32. The summed E-state index contributed by atoms with van der Waals surface area (Å²) in [5, 5.41) is 13.4. The Morgan fingerprint density at radius 2 is 1.93 bits per heavy atom. The van der Waals surface area contributed by atoms with Gasteiger partial charge in [-0.25, -0.2) is 9.78 Å². The lowest BCUT2D eigenvalue weighted by atomic mass is 9.93. The monoisotopic (exact) mass is 583 g/mol. The van der Waals surface area contributed by atoms with Crippen LogP contribution < -0.4 is 5.32 Å². The number of hydrogen-bond acceptors (Lipinski definition) is 7. The van der Waals surface area contributed by atoms with Crippen LogP contribution in [-0.2, 0) is 22.7 Å². The molecular formula is C31H41N3O4S2. The lowest BCUT2D eigenvalue weighted by Gasteiger charge is -2.19. The van der Waals surface area contributed by atoms with Crippen molar-refractivity contribution >= 4 is 35.0 Å². The summed E-state index contributed by atoms with van der Waals surface area (Å²) < 4.78 is 6.47. The quantitative estimate of drug-likeness (QED) is 0.197. The van der Waals surface area contributed by atoms with Gasteiger partial charge in [-0.05, 0) is 80.3 Å². The van der Waals surface area contributed by atoms with Crippen molar-refractivity contribution in [2.45, 2.75) is 64.8 Å². The fraction of sp³-hybridized carbons (Fsp3) is 0.452. The molecule has 0 unspecified atom stereocenters. The van der Waals surface area contributed by atoms with Crippen LogP contribution in [-0.4, -0.2) is 59.0 Å². The van der Waals surface area contributed by atoms with E-state index in [1.54, 1.807) is 29.2 Å². The van der Waals surface area contributed by atoms with Gasteiger partial charge in [-0.1, -0.05) is 50.1 Å². The lowest BCUT2D eigenvalue weighted by molar-refractivity contribution is -0.139. The van der Waals surface area contributed by atoms with Crippen molar-refractivity contribution in [1.29, 1.82) is 0 Å². The number of carboxylic acids is 1. The van der Waals surface area contributed by atoms with Crippen LogP contribution in [0.1, 0.15) is 70.1 Å². The summed E-state index contributed by atoms with van der Waals surface area (Å²) in [5.74, 6) is -0.772. The average Bonchev–Trinajstić information content (AvgIpc) is 3.38. The molecule has 3 rings (SSSR count). The molecule has 3 aromatic rings. The maximum absolute atomic E-state index is 13.4. The van der Waals surface area contributed by atoms with E-state index >= 15 is 0 Å². The Hall–Kier alpha value is -2.72. The molecular weight excluding hydrogens is 542 g/mol. The van der Waals surface area contributed by atoms with Gasteiger partial charge in [-0.2, -0.15) is 11.8 Å². The number of carbonyl (C=O) groups is 2. The fourth-order valence-corrected chi connectivity index (χ4v) is 6.01. The van der Waals surface area contributed by atoms with E-state index in [1.807, 2.05) is 69.9 Å². The number of carboxylic acid groups (broad SMARTS) is 1. The maximum Gasteiger partial charge on any atom is 0.326 e. The van der Waals surface area contributed by atoms with E-state index in [2.05, 4.69) is 22.1 Å². The van der Waals surface area contributed by atoms with E-state index < -0.39 is 17.9 Å². The number of nitrogens with one attached hydrogen (secondary N) is 1. The Kier molecular flexibility index (Phi) is 12.6. The van der Waals surface area contributed by atoms with Crippen LogP contribution in [0.2, 0.25) is 0 Å². The number of benzene rings is 2. The van der Waals surface area contributed by atoms with Crippen LogP contribution in [0.5, 0.6) is 0 Å². The number of hydrogen-bond donors (Lipinski definition) is 2. The second-order valence-corrected chi connectivity index (χ2v) is 12.3. The number of nitrogens with zero attached hydrogens (tertiary/aromatic N) is 2. The number of amides is 1. The Morgan fingerprint density at radius 1 is 1.15 bits per heavy atom. The molecule has 2 atom stereocenters. The molecule has 0 radical (unpaired) electrons. The first-order valence-electron chi connectivity index (χ1n) is 13.7. The van der Waals surface area contributed by atoms with Crippen LogP contribution in [0.15, 0.2) is 48.7 Å². The molecule has 0 saturated heterocycles. The number of aryl methyl sites for hydroxylation is 1.